The number of thioether (sulfide) groups is 1. The number of hydrogen-bond acceptors (Lipinski definition) is 6. The van der Waals surface area contributed by atoms with Gasteiger partial charge in [0.2, 0.25) is 11.0 Å². The van der Waals surface area contributed by atoms with Crippen LogP contribution in [0, 0.1) is 5.82 Å². The number of hydrogen-bond donors (Lipinski definition) is 2. The molecule has 6 nitrogen and oxygen atoms in total. The smallest absolute Gasteiger partial charge is 0.258 e. The summed E-state index contributed by atoms with van der Waals surface area (Å²) >= 11 is 5.67. The van der Waals surface area contributed by atoms with E-state index >= 15 is 0 Å². The van der Waals surface area contributed by atoms with E-state index in [9.17, 15) is 14.0 Å². The summed E-state index contributed by atoms with van der Waals surface area (Å²) in [6.45, 7) is 0. The van der Waals surface area contributed by atoms with Gasteiger partial charge in [0.1, 0.15) is 5.82 Å². The molecule has 3 aromatic rings. The Bertz CT molecular complexity index is 983. The van der Waals surface area contributed by atoms with Crippen LogP contribution in [0.3, 0.4) is 0 Å². The zero-order valence-corrected chi connectivity index (χ0v) is 16.8. The van der Waals surface area contributed by atoms with E-state index in [1.807, 2.05) is 6.07 Å². The first-order valence-corrected chi connectivity index (χ1v) is 10.2. The van der Waals surface area contributed by atoms with Crippen molar-refractivity contribution in [2.45, 2.75) is 4.34 Å². The van der Waals surface area contributed by atoms with Gasteiger partial charge >= 0.3 is 0 Å². The average molecular weight is 467 g/mol. The second kappa shape index (κ2) is 9.07. The minimum atomic E-state index is -0.421. The van der Waals surface area contributed by atoms with Crippen molar-refractivity contribution in [2.75, 3.05) is 16.4 Å². The van der Waals surface area contributed by atoms with E-state index < -0.39 is 5.82 Å². The van der Waals surface area contributed by atoms with Crippen molar-refractivity contribution >= 4 is 61.7 Å². The van der Waals surface area contributed by atoms with Crippen molar-refractivity contribution in [1.29, 1.82) is 0 Å². The average Bonchev–Trinajstić information content (AvgIpc) is 3.08. The van der Waals surface area contributed by atoms with E-state index in [2.05, 4.69) is 36.8 Å². The lowest BCUT2D eigenvalue weighted by molar-refractivity contribution is -0.113. The minimum Gasteiger partial charge on any atom is -0.325 e. The van der Waals surface area contributed by atoms with Crippen LogP contribution in [-0.4, -0.2) is 27.8 Å². The second-order valence-electron chi connectivity index (χ2n) is 5.15. The Morgan fingerprint density at radius 2 is 1.93 bits per heavy atom. The molecule has 2 N–H and O–H groups in total. The van der Waals surface area contributed by atoms with Gasteiger partial charge in [-0.3, -0.25) is 14.9 Å². The largest absolute Gasteiger partial charge is 0.325 e. The number of halogens is 2. The predicted octanol–water partition coefficient (Wildman–Crippen LogP) is 4.42. The molecule has 0 saturated carbocycles. The lowest BCUT2D eigenvalue weighted by Gasteiger charge is -2.04. The molecule has 2 aromatic carbocycles. The first-order valence-electron chi connectivity index (χ1n) is 7.59. The van der Waals surface area contributed by atoms with Crippen LogP contribution < -0.4 is 10.6 Å². The summed E-state index contributed by atoms with van der Waals surface area (Å²) in [5.74, 6) is -0.933. The van der Waals surface area contributed by atoms with Crippen molar-refractivity contribution in [3.63, 3.8) is 0 Å². The van der Waals surface area contributed by atoms with Gasteiger partial charge in [-0.05, 0) is 46.3 Å². The number of nitrogens with zero attached hydrogens (tertiary/aromatic N) is 2. The fraction of sp³-hybridized carbons (Fsp3) is 0.0588. The van der Waals surface area contributed by atoms with E-state index in [1.165, 1.54) is 41.3 Å². The Balaban J connectivity index is 1.53. The number of rotatable bonds is 6. The Hall–Kier alpha value is -2.30. The first kappa shape index (κ1) is 19.5. The first-order chi connectivity index (χ1) is 13.0. The van der Waals surface area contributed by atoms with Crippen LogP contribution >= 0.6 is 39.0 Å². The van der Waals surface area contributed by atoms with Crippen molar-refractivity contribution < 1.29 is 14.0 Å². The van der Waals surface area contributed by atoms with E-state index in [-0.39, 0.29) is 17.6 Å². The molecule has 1 aromatic heterocycles. The Kier molecular flexibility index (Phi) is 6.54. The number of carbonyl (C=O) groups excluding carboxylic acids is 2. The van der Waals surface area contributed by atoms with Gasteiger partial charge in [0.05, 0.1) is 11.3 Å². The number of anilines is 2. The van der Waals surface area contributed by atoms with E-state index in [1.54, 1.807) is 24.3 Å². The van der Waals surface area contributed by atoms with E-state index in [0.717, 1.165) is 0 Å². The summed E-state index contributed by atoms with van der Waals surface area (Å²) < 4.78 is 14.3. The maximum absolute atomic E-state index is 13.1. The molecule has 0 aliphatic carbocycles. The van der Waals surface area contributed by atoms with Crippen LogP contribution in [0.5, 0.6) is 0 Å². The third kappa shape index (κ3) is 5.59. The molecule has 0 fully saturated rings. The number of aromatic nitrogens is 2. The molecule has 0 bridgehead atoms. The van der Waals surface area contributed by atoms with E-state index in [0.29, 0.717) is 25.2 Å². The molecule has 0 saturated heterocycles. The van der Waals surface area contributed by atoms with Gasteiger partial charge in [0, 0.05) is 10.2 Å². The van der Waals surface area contributed by atoms with Crippen LogP contribution in [0.4, 0.5) is 15.2 Å². The molecular weight excluding hydrogens is 455 g/mol. The highest BCUT2D eigenvalue weighted by Gasteiger charge is 2.13. The van der Waals surface area contributed by atoms with Crippen molar-refractivity contribution in [1.82, 2.24) is 10.2 Å². The summed E-state index contributed by atoms with van der Waals surface area (Å²) in [4.78, 5) is 24.2. The summed E-state index contributed by atoms with van der Waals surface area (Å²) in [5.41, 5.74) is 0.871. The molecule has 10 heteroatoms. The molecule has 1 heterocycles. The molecule has 138 valence electrons. The van der Waals surface area contributed by atoms with Gasteiger partial charge in [-0.2, -0.15) is 0 Å². The molecule has 0 atom stereocenters. The molecule has 0 radical (unpaired) electrons. The highest BCUT2D eigenvalue weighted by atomic mass is 79.9. The number of nitrogens with one attached hydrogen (secondary N) is 2. The highest BCUT2D eigenvalue weighted by molar-refractivity contribution is 9.10. The third-order valence-electron chi connectivity index (χ3n) is 3.18. The van der Waals surface area contributed by atoms with Crippen molar-refractivity contribution in [2.24, 2.45) is 0 Å². The van der Waals surface area contributed by atoms with Gasteiger partial charge in [-0.1, -0.05) is 41.3 Å². The van der Waals surface area contributed by atoms with Crippen LogP contribution in [0.15, 0.2) is 57.3 Å². The van der Waals surface area contributed by atoms with Gasteiger partial charge in [0.25, 0.3) is 5.91 Å². The molecule has 0 spiro atoms. The summed E-state index contributed by atoms with van der Waals surface area (Å²) in [6, 6.07) is 12.7. The fourth-order valence-corrected chi connectivity index (χ4v) is 4.03. The third-order valence-corrected chi connectivity index (χ3v) is 5.84. The van der Waals surface area contributed by atoms with Gasteiger partial charge in [-0.25, -0.2) is 4.39 Å². The van der Waals surface area contributed by atoms with Crippen molar-refractivity contribution in [3.05, 3.63) is 64.4 Å². The zero-order chi connectivity index (χ0) is 19.2. The Morgan fingerprint density at radius 1 is 1.11 bits per heavy atom. The van der Waals surface area contributed by atoms with Gasteiger partial charge in [-0.15, -0.1) is 10.2 Å². The summed E-state index contributed by atoms with van der Waals surface area (Å²) in [7, 11) is 0. The molecule has 2 amide bonds. The quantitative estimate of drug-likeness (QED) is 0.414. The molecule has 0 unspecified atom stereocenters. The molecule has 3 rings (SSSR count). The van der Waals surface area contributed by atoms with Gasteiger partial charge < -0.3 is 5.32 Å². The second-order valence-corrected chi connectivity index (χ2v) is 8.21. The van der Waals surface area contributed by atoms with Crippen LogP contribution in [0.25, 0.3) is 0 Å². The Morgan fingerprint density at radius 3 is 2.70 bits per heavy atom. The standard InChI is InChI=1S/C17H12BrFN4O2S2/c18-13-7-2-1-6-12(13)15(25)21-16-22-23-17(27-16)26-9-14(24)20-11-5-3-4-10(19)8-11/h1-8H,9H2,(H,20,24)(H,21,22,25). The maximum atomic E-state index is 13.1. The van der Waals surface area contributed by atoms with Crippen LogP contribution in [-0.2, 0) is 4.79 Å². The SMILES string of the molecule is O=C(CSc1nnc(NC(=O)c2ccccc2Br)s1)Nc1cccc(F)c1. The minimum absolute atomic E-state index is 0.0866. The van der Waals surface area contributed by atoms with Gasteiger partial charge in [0.15, 0.2) is 4.34 Å². The lowest BCUT2D eigenvalue weighted by atomic mass is 10.2. The summed E-state index contributed by atoms with van der Waals surface area (Å²) in [5, 5.41) is 13.5. The fourth-order valence-electron chi connectivity index (χ4n) is 2.02. The van der Waals surface area contributed by atoms with Crippen molar-refractivity contribution in [3.8, 4) is 0 Å². The number of amides is 2. The monoisotopic (exact) mass is 466 g/mol. The van der Waals surface area contributed by atoms with Crippen LogP contribution in [0.1, 0.15) is 10.4 Å². The Labute approximate surface area is 170 Å². The molecule has 27 heavy (non-hydrogen) atoms. The maximum Gasteiger partial charge on any atom is 0.258 e. The topological polar surface area (TPSA) is 84.0 Å². The summed E-state index contributed by atoms with van der Waals surface area (Å²) in [6.07, 6.45) is 0. The highest BCUT2D eigenvalue weighted by Crippen LogP contribution is 2.26. The molecule has 0 aliphatic rings. The molecule has 0 aliphatic heterocycles. The van der Waals surface area contributed by atoms with E-state index in [4.69, 9.17) is 0 Å². The number of carbonyl (C=O) groups is 2. The predicted molar refractivity (Wildman–Crippen MR) is 108 cm³/mol. The zero-order valence-electron chi connectivity index (χ0n) is 13.6. The van der Waals surface area contributed by atoms with Crippen LogP contribution in [0.2, 0.25) is 0 Å². The number of benzene rings is 2. The molecular formula is C17H12BrFN4O2S2. The lowest BCUT2D eigenvalue weighted by Crippen LogP contribution is -2.13. The normalized spacial score (nSPS) is 10.4.